The number of hydrogen-bond donors (Lipinski definition) is 3. The summed E-state index contributed by atoms with van der Waals surface area (Å²) >= 11 is 0. The molecule has 0 bridgehead atoms. The lowest BCUT2D eigenvalue weighted by molar-refractivity contribution is -0.122. The van der Waals surface area contributed by atoms with Gasteiger partial charge in [-0.1, -0.05) is 18.2 Å². The van der Waals surface area contributed by atoms with Crippen molar-refractivity contribution in [1.82, 2.24) is 5.32 Å². The van der Waals surface area contributed by atoms with Crippen molar-refractivity contribution in [2.45, 2.75) is 26.3 Å². The van der Waals surface area contributed by atoms with Gasteiger partial charge in [-0.05, 0) is 25.0 Å². The van der Waals surface area contributed by atoms with Gasteiger partial charge in [0.2, 0.25) is 5.91 Å². The number of para-hydroxylation sites is 1. The first-order chi connectivity index (χ1) is 9.08. The predicted molar refractivity (Wildman–Crippen MR) is 72.1 cm³/mol. The number of carbonyl (C=O) groups is 1. The van der Waals surface area contributed by atoms with E-state index in [-0.39, 0.29) is 32.1 Å². The third-order valence-corrected chi connectivity index (χ3v) is 2.79. The van der Waals surface area contributed by atoms with Crippen LogP contribution in [0, 0.1) is 13.8 Å². The normalized spacial score (nSPS) is 10.6. The molecule has 19 heavy (non-hydrogen) atoms. The second kappa shape index (κ2) is 7.76. The molecule has 106 valence electrons. The molecule has 1 rings (SSSR count). The lowest BCUT2D eigenvalue weighted by Crippen LogP contribution is -2.40. The summed E-state index contributed by atoms with van der Waals surface area (Å²) in [7, 11) is 0. The maximum atomic E-state index is 11.5. The summed E-state index contributed by atoms with van der Waals surface area (Å²) in [5, 5.41) is 20.2. The largest absolute Gasteiger partial charge is 0.493 e. The van der Waals surface area contributed by atoms with Crippen molar-refractivity contribution < 1.29 is 19.7 Å². The smallest absolute Gasteiger partial charge is 0.223 e. The number of amides is 1. The van der Waals surface area contributed by atoms with Gasteiger partial charge < -0.3 is 20.3 Å². The molecule has 1 amide bonds. The van der Waals surface area contributed by atoms with E-state index in [2.05, 4.69) is 5.32 Å². The molecule has 0 saturated carbocycles. The van der Waals surface area contributed by atoms with Crippen molar-refractivity contribution in [2.75, 3.05) is 19.8 Å². The Balaban J connectivity index is 2.40. The van der Waals surface area contributed by atoms with Crippen LogP contribution in [-0.2, 0) is 4.79 Å². The quantitative estimate of drug-likeness (QED) is 0.674. The van der Waals surface area contributed by atoms with Gasteiger partial charge in [-0.15, -0.1) is 0 Å². The Morgan fingerprint density at radius 3 is 2.37 bits per heavy atom. The average molecular weight is 267 g/mol. The highest BCUT2D eigenvalue weighted by atomic mass is 16.5. The Labute approximate surface area is 113 Å². The Hall–Kier alpha value is -1.59. The van der Waals surface area contributed by atoms with Crippen LogP contribution in [0.5, 0.6) is 5.75 Å². The number of aryl methyl sites for hydroxylation is 2. The molecule has 3 N–H and O–H groups in total. The van der Waals surface area contributed by atoms with Crippen LogP contribution in [0.25, 0.3) is 0 Å². The summed E-state index contributed by atoms with van der Waals surface area (Å²) < 4.78 is 5.60. The first-order valence-corrected chi connectivity index (χ1v) is 6.28. The number of aliphatic hydroxyl groups is 2. The summed E-state index contributed by atoms with van der Waals surface area (Å²) in [6, 6.07) is 5.26. The molecule has 1 aromatic rings. The van der Waals surface area contributed by atoms with Crippen LogP contribution in [0.2, 0.25) is 0 Å². The summed E-state index contributed by atoms with van der Waals surface area (Å²) in [6.07, 6.45) is 0.185. The SMILES string of the molecule is Cc1cccc(C)c1OCCC(=O)NC(CO)CO. The van der Waals surface area contributed by atoms with Crippen LogP contribution < -0.4 is 10.1 Å². The van der Waals surface area contributed by atoms with Gasteiger partial charge in [0.15, 0.2) is 0 Å². The Morgan fingerprint density at radius 1 is 1.26 bits per heavy atom. The van der Waals surface area contributed by atoms with E-state index in [9.17, 15) is 4.79 Å². The van der Waals surface area contributed by atoms with Crippen molar-refractivity contribution in [2.24, 2.45) is 0 Å². The molecule has 0 aliphatic rings. The topological polar surface area (TPSA) is 78.8 Å². The van der Waals surface area contributed by atoms with Crippen molar-refractivity contribution in [3.63, 3.8) is 0 Å². The predicted octanol–water partition coefficient (Wildman–Crippen LogP) is 0.542. The van der Waals surface area contributed by atoms with Crippen molar-refractivity contribution in [3.8, 4) is 5.75 Å². The molecule has 0 aliphatic carbocycles. The Kier molecular flexibility index (Phi) is 6.32. The van der Waals surface area contributed by atoms with E-state index in [0.717, 1.165) is 16.9 Å². The number of ether oxygens (including phenoxy) is 1. The average Bonchev–Trinajstić information content (AvgIpc) is 2.39. The number of carbonyl (C=O) groups excluding carboxylic acids is 1. The van der Waals surface area contributed by atoms with Gasteiger partial charge in [-0.25, -0.2) is 0 Å². The second-order valence-electron chi connectivity index (χ2n) is 4.45. The molecule has 5 nitrogen and oxygen atoms in total. The molecule has 0 spiro atoms. The van der Waals surface area contributed by atoms with E-state index in [0.29, 0.717) is 0 Å². The minimum absolute atomic E-state index is 0.185. The zero-order valence-corrected chi connectivity index (χ0v) is 11.3. The summed E-state index contributed by atoms with van der Waals surface area (Å²) in [5.74, 6) is 0.551. The van der Waals surface area contributed by atoms with Gasteiger partial charge in [-0.3, -0.25) is 4.79 Å². The highest BCUT2D eigenvalue weighted by Gasteiger charge is 2.10. The van der Waals surface area contributed by atoms with Crippen LogP contribution in [0.15, 0.2) is 18.2 Å². The first kappa shape index (κ1) is 15.5. The fraction of sp³-hybridized carbons (Fsp3) is 0.500. The molecule has 0 aliphatic heterocycles. The van der Waals surface area contributed by atoms with Gasteiger partial charge in [-0.2, -0.15) is 0 Å². The van der Waals surface area contributed by atoms with Crippen LogP contribution in [0.1, 0.15) is 17.5 Å². The highest BCUT2D eigenvalue weighted by molar-refractivity contribution is 5.76. The molecule has 0 fully saturated rings. The van der Waals surface area contributed by atoms with Crippen LogP contribution in [0.3, 0.4) is 0 Å². The highest BCUT2D eigenvalue weighted by Crippen LogP contribution is 2.22. The fourth-order valence-electron chi connectivity index (χ4n) is 1.72. The van der Waals surface area contributed by atoms with Gasteiger partial charge in [0.25, 0.3) is 0 Å². The maximum absolute atomic E-state index is 11.5. The van der Waals surface area contributed by atoms with Crippen molar-refractivity contribution in [1.29, 1.82) is 0 Å². The van der Waals surface area contributed by atoms with Gasteiger partial charge in [0.05, 0.1) is 32.3 Å². The van der Waals surface area contributed by atoms with E-state index >= 15 is 0 Å². The molecule has 0 atom stereocenters. The molecule has 0 unspecified atom stereocenters. The molecule has 0 radical (unpaired) electrons. The summed E-state index contributed by atoms with van der Waals surface area (Å²) in [5.41, 5.74) is 2.06. The second-order valence-corrected chi connectivity index (χ2v) is 4.45. The van der Waals surface area contributed by atoms with E-state index < -0.39 is 6.04 Å². The first-order valence-electron chi connectivity index (χ1n) is 6.28. The summed E-state index contributed by atoms with van der Waals surface area (Å²) in [4.78, 5) is 11.5. The van der Waals surface area contributed by atoms with Crippen molar-refractivity contribution in [3.05, 3.63) is 29.3 Å². The summed E-state index contributed by atoms with van der Waals surface area (Å²) in [6.45, 7) is 3.62. The molecular weight excluding hydrogens is 246 g/mol. The lowest BCUT2D eigenvalue weighted by Gasteiger charge is -2.14. The van der Waals surface area contributed by atoms with E-state index in [1.807, 2.05) is 32.0 Å². The number of benzene rings is 1. The van der Waals surface area contributed by atoms with Crippen LogP contribution in [-0.4, -0.2) is 42.0 Å². The number of nitrogens with one attached hydrogen (secondary N) is 1. The van der Waals surface area contributed by atoms with Crippen LogP contribution in [0.4, 0.5) is 0 Å². The third kappa shape index (κ3) is 4.89. The molecule has 0 heterocycles. The lowest BCUT2D eigenvalue weighted by atomic mass is 10.1. The Bertz CT molecular complexity index is 396. The van der Waals surface area contributed by atoms with Gasteiger partial charge in [0.1, 0.15) is 5.75 Å². The number of rotatable bonds is 7. The zero-order valence-electron chi connectivity index (χ0n) is 11.3. The maximum Gasteiger partial charge on any atom is 0.223 e. The zero-order chi connectivity index (χ0) is 14.3. The van der Waals surface area contributed by atoms with E-state index in [1.165, 1.54) is 0 Å². The van der Waals surface area contributed by atoms with Crippen molar-refractivity contribution >= 4 is 5.91 Å². The van der Waals surface area contributed by atoms with E-state index in [4.69, 9.17) is 14.9 Å². The standard InChI is InChI=1S/C14H21NO4/c1-10-4-3-5-11(2)14(10)19-7-6-13(18)15-12(8-16)9-17/h3-5,12,16-17H,6-9H2,1-2H3,(H,15,18). The third-order valence-electron chi connectivity index (χ3n) is 2.79. The number of aliphatic hydroxyl groups excluding tert-OH is 2. The van der Waals surface area contributed by atoms with E-state index in [1.54, 1.807) is 0 Å². The fourth-order valence-corrected chi connectivity index (χ4v) is 1.72. The molecule has 5 heteroatoms. The minimum atomic E-state index is -0.604. The molecule has 1 aromatic carbocycles. The molecular formula is C14H21NO4. The van der Waals surface area contributed by atoms with Crippen LogP contribution >= 0.6 is 0 Å². The number of hydrogen-bond acceptors (Lipinski definition) is 4. The van der Waals surface area contributed by atoms with Gasteiger partial charge in [0, 0.05) is 0 Å². The monoisotopic (exact) mass is 267 g/mol. The Morgan fingerprint density at radius 2 is 1.84 bits per heavy atom. The van der Waals surface area contributed by atoms with Gasteiger partial charge >= 0.3 is 0 Å². The molecule has 0 aromatic heterocycles. The minimum Gasteiger partial charge on any atom is -0.493 e. The molecule has 0 saturated heterocycles.